The molecule has 0 saturated carbocycles. The Bertz CT molecular complexity index is 1030. The van der Waals surface area contributed by atoms with Crippen molar-refractivity contribution in [1.29, 1.82) is 10.8 Å². The maximum absolute atomic E-state index is 10.3. The highest BCUT2D eigenvalue weighted by Crippen LogP contribution is 2.30. The summed E-state index contributed by atoms with van der Waals surface area (Å²) in [7, 11) is 0. The molecule has 146 valence electrons. The van der Waals surface area contributed by atoms with Crippen LogP contribution in [-0.2, 0) is 0 Å². The summed E-state index contributed by atoms with van der Waals surface area (Å²) in [6.45, 7) is 8.40. The van der Waals surface area contributed by atoms with Gasteiger partial charge in [0.25, 0.3) is 0 Å². The maximum Gasteiger partial charge on any atom is 0.125 e. The third kappa shape index (κ3) is 4.31. The minimum absolute atomic E-state index is 0.0253. The summed E-state index contributed by atoms with van der Waals surface area (Å²) in [6, 6.07) is 8.15. The lowest BCUT2D eigenvalue weighted by Gasteiger charge is -2.41. The van der Waals surface area contributed by atoms with E-state index in [1.807, 2.05) is 0 Å². The van der Waals surface area contributed by atoms with Crippen molar-refractivity contribution in [2.45, 2.75) is 45.2 Å². The molecule has 0 amide bonds. The van der Waals surface area contributed by atoms with Gasteiger partial charge in [-0.1, -0.05) is 12.1 Å². The average Bonchev–Trinajstić information content (AvgIpc) is 2.55. The summed E-state index contributed by atoms with van der Waals surface area (Å²) in [5, 5.41) is 41.7. The fraction of sp³-hybridized carbons (Fsp3) is 0.304. The summed E-state index contributed by atoms with van der Waals surface area (Å²) in [4.78, 5) is 0. The summed E-state index contributed by atoms with van der Waals surface area (Å²) in [5.41, 5.74) is 1.53. The molecule has 0 aromatic heterocycles. The van der Waals surface area contributed by atoms with Crippen LogP contribution in [0.2, 0.25) is 0 Å². The van der Waals surface area contributed by atoms with Crippen molar-refractivity contribution >= 4 is 22.2 Å². The first-order chi connectivity index (χ1) is 13.0. The Morgan fingerprint density at radius 3 is 2.32 bits per heavy atom. The number of hydrogen-bond donors (Lipinski definition) is 5. The van der Waals surface area contributed by atoms with Crippen molar-refractivity contribution in [2.24, 2.45) is 0 Å². The third-order valence-electron chi connectivity index (χ3n) is 4.82. The number of phenols is 2. The number of nitrogens with one attached hydrogen (secondary N) is 3. The van der Waals surface area contributed by atoms with Gasteiger partial charge in [0.15, 0.2) is 0 Å². The Morgan fingerprint density at radius 2 is 1.64 bits per heavy atom. The summed E-state index contributed by atoms with van der Waals surface area (Å²) < 4.78 is 0. The van der Waals surface area contributed by atoms with Gasteiger partial charge < -0.3 is 26.3 Å². The van der Waals surface area contributed by atoms with E-state index in [1.54, 1.807) is 42.5 Å². The van der Waals surface area contributed by atoms with E-state index in [1.165, 1.54) is 0 Å². The van der Waals surface area contributed by atoms with Crippen molar-refractivity contribution in [2.75, 3.05) is 0 Å². The van der Waals surface area contributed by atoms with Crippen LogP contribution in [0, 0.1) is 10.8 Å². The fourth-order valence-corrected chi connectivity index (χ4v) is 3.94. The number of fused-ring (bicyclic) bond motifs is 1. The van der Waals surface area contributed by atoms with E-state index in [2.05, 4.69) is 39.1 Å². The smallest absolute Gasteiger partial charge is 0.125 e. The van der Waals surface area contributed by atoms with Gasteiger partial charge in [-0.3, -0.25) is 0 Å². The second-order valence-corrected chi connectivity index (χ2v) is 8.64. The predicted molar refractivity (Wildman–Crippen MR) is 115 cm³/mol. The zero-order chi connectivity index (χ0) is 20.7. The fourth-order valence-electron chi connectivity index (χ4n) is 3.94. The normalized spacial score (nSPS) is 18.2. The van der Waals surface area contributed by atoms with E-state index in [0.29, 0.717) is 16.7 Å². The van der Waals surface area contributed by atoms with Crippen LogP contribution in [0.15, 0.2) is 54.1 Å². The second kappa shape index (κ2) is 6.91. The average molecular weight is 377 g/mol. The molecule has 1 aliphatic heterocycles. The highest BCUT2D eigenvalue weighted by atomic mass is 16.3. The molecule has 0 fully saturated rings. The number of rotatable bonds is 4. The van der Waals surface area contributed by atoms with E-state index >= 15 is 0 Å². The largest absolute Gasteiger partial charge is 0.508 e. The van der Waals surface area contributed by atoms with Crippen LogP contribution in [0.1, 0.15) is 39.7 Å². The van der Waals surface area contributed by atoms with Gasteiger partial charge in [0.1, 0.15) is 11.5 Å². The Labute approximate surface area is 165 Å². The molecule has 3 rings (SSSR count). The Morgan fingerprint density at radius 1 is 0.964 bits per heavy atom. The van der Waals surface area contributed by atoms with Gasteiger partial charge >= 0.3 is 0 Å². The molecule has 5 nitrogen and oxygen atoms in total. The molecule has 2 aromatic rings. The quantitative estimate of drug-likeness (QED) is 0.501. The maximum atomic E-state index is 10.3. The van der Waals surface area contributed by atoms with Gasteiger partial charge in [-0.05, 0) is 86.9 Å². The van der Waals surface area contributed by atoms with Crippen molar-refractivity contribution in [1.82, 2.24) is 5.32 Å². The summed E-state index contributed by atoms with van der Waals surface area (Å²) in [5.74, 6) is 0.104. The first kappa shape index (κ1) is 19.8. The SMILES string of the molecule is CC1(C)C=C(C(=N)/C=C\C(=N)c2cc3ccc(O)cc3cc2O)CC(C)(C)N1. The highest BCUT2D eigenvalue weighted by Gasteiger charge is 2.32. The van der Waals surface area contributed by atoms with Gasteiger partial charge in [-0.2, -0.15) is 0 Å². The van der Waals surface area contributed by atoms with E-state index in [9.17, 15) is 10.2 Å². The lowest BCUT2D eigenvalue weighted by atomic mass is 9.82. The monoisotopic (exact) mass is 377 g/mol. The topological polar surface area (TPSA) is 100 Å². The molecule has 0 unspecified atom stereocenters. The molecular formula is C23H27N3O2. The number of phenolic OH excluding ortho intramolecular Hbond substituents is 2. The number of benzene rings is 2. The zero-order valence-electron chi connectivity index (χ0n) is 16.7. The molecule has 0 atom stereocenters. The molecule has 0 aliphatic carbocycles. The lowest BCUT2D eigenvalue weighted by molar-refractivity contribution is 0.287. The van der Waals surface area contributed by atoms with Crippen molar-refractivity contribution in [3.8, 4) is 11.5 Å². The summed E-state index contributed by atoms with van der Waals surface area (Å²) in [6.07, 6.45) is 5.96. The van der Waals surface area contributed by atoms with Crippen molar-refractivity contribution in [3.63, 3.8) is 0 Å². The van der Waals surface area contributed by atoms with Gasteiger partial charge in [-0.25, -0.2) is 0 Å². The van der Waals surface area contributed by atoms with Gasteiger partial charge in [0.05, 0.1) is 11.4 Å². The molecule has 0 spiro atoms. The van der Waals surface area contributed by atoms with Crippen LogP contribution < -0.4 is 5.32 Å². The number of allylic oxidation sites excluding steroid dienone is 2. The Balaban J connectivity index is 1.84. The number of hydrogen-bond acceptors (Lipinski definition) is 5. The van der Waals surface area contributed by atoms with E-state index in [4.69, 9.17) is 10.8 Å². The molecule has 0 bridgehead atoms. The van der Waals surface area contributed by atoms with E-state index in [0.717, 1.165) is 17.4 Å². The minimum Gasteiger partial charge on any atom is -0.508 e. The first-order valence-corrected chi connectivity index (χ1v) is 9.29. The molecule has 0 saturated heterocycles. The van der Waals surface area contributed by atoms with Gasteiger partial charge in [0, 0.05) is 16.6 Å². The molecule has 5 N–H and O–H groups in total. The van der Waals surface area contributed by atoms with Crippen LogP contribution in [0.25, 0.3) is 10.8 Å². The zero-order valence-corrected chi connectivity index (χ0v) is 16.7. The molecule has 5 heteroatoms. The Hall–Kier alpha value is -2.92. The van der Waals surface area contributed by atoms with Crippen molar-refractivity contribution in [3.05, 3.63) is 59.7 Å². The standard InChI is InChI=1S/C23H27N3O2/c1-22(2)12-16(13-23(3,4)26-22)19(24)7-8-20(25)18-10-14-5-6-17(27)9-15(14)11-21(18)28/h5-12,24-28H,13H2,1-4H3/b8-7-,24-19?,25-20?. The van der Waals surface area contributed by atoms with Crippen LogP contribution in [0.4, 0.5) is 0 Å². The van der Waals surface area contributed by atoms with Crippen molar-refractivity contribution < 1.29 is 10.2 Å². The van der Waals surface area contributed by atoms with Crippen LogP contribution in [0.5, 0.6) is 11.5 Å². The third-order valence-corrected chi connectivity index (χ3v) is 4.82. The van der Waals surface area contributed by atoms with Gasteiger partial charge in [0.2, 0.25) is 0 Å². The minimum atomic E-state index is -0.201. The molecule has 2 aromatic carbocycles. The molecule has 1 heterocycles. The van der Waals surface area contributed by atoms with Crippen LogP contribution in [-0.4, -0.2) is 32.7 Å². The predicted octanol–water partition coefficient (Wildman–Crippen LogP) is 4.67. The number of aromatic hydroxyl groups is 2. The first-order valence-electron chi connectivity index (χ1n) is 9.29. The van der Waals surface area contributed by atoms with E-state index < -0.39 is 0 Å². The van der Waals surface area contributed by atoms with Crippen LogP contribution >= 0.6 is 0 Å². The highest BCUT2D eigenvalue weighted by molar-refractivity contribution is 6.15. The molecule has 1 aliphatic rings. The van der Waals surface area contributed by atoms with Crippen LogP contribution in [0.3, 0.4) is 0 Å². The Kier molecular flexibility index (Phi) is 4.90. The van der Waals surface area contributed by atoms with Gasteiger partial charge in [-0.15, -0.1) is 0 Å². The molecule has 0 radical (unpaired) electrons. The lowest BCUT2D eigenvalue weighted by Crippen LogP contribution is -2.54. The summed E-state index contributed by atoms with van der Waals surface area (Å²) >= 11 is 0. The van der Waals surface area contributed by atoms with E-state index in [-0.39, 0.29) is 28.3 Å². The molecular weight excluding hydrogens is 350 g/mol. The molecule has 28 heavy (non-hydrogen) atoms. The second-order valence-electron chi connectivity index (χ2n) is 8.64.